The minimum atomic E-state index is 0.0750. The molecule has 1 aromatic carbocycles. The monoisotopic (exact) mass is 347 g/mol. The van der Waals surface area contributed by atoms with E-state index in [-0.39, 0.29) is 17.4 Å². The molecule has 5 heteroatoms. The van der Waals surface area contributed by atoms with Crippen molar-refractivity contribution < 1.29 is 4.79 Å². The number of hydrogen-bond acceptors (Lipinski definition) is 2. The van der Waals surface area contributed by atoms with Crippen molar-refractivity contribution in [3.8, 4) is 0 Å². The van der Waals surface area contributed by atoms with Crippen molar-refractivity contribution in [3.63, 3.8) is 0 Å². The van der Waals surface area contributed by atoms with Crippen molar-refractivity contribution in [2.45, 2.75) is 18.9 Å². The molecule has 2 aromatic heterocycles. The first-order valence-electron chi connectivity index (χ1n) is 9.15. The molecular weight excluding hydrogens is 326 g/mol. The number of hydrogen-bond donors (Lipinski definition) is 0. The summed E-state index contributed by atoms with van der Waals surface area (Å²) in [5, 5.41) is 1.01. The molecule has 0 radical (unpaired) electrons. The number of nitrogens with zero attached hydrogens (tertiary/aromatic N) is 3. The molecule has 1 fully saturated rings. The lowest BCUT2D eigenvalue weighted by Crippen LogP contribution is -2.49. The van der Waals surface area contributed by atoms with Gasteiger partial charge in [-0.3, -0.25) is 9.59 Å². The molecule has 4 heterocycles. The van der Waals surface area contributed by atoms with Gasteiger partial charge in [0.2, 0.25) is 0 Å². The van der Waals surface area contributed by atoms with Crippen LogP contribution in [0.4, 0.5) is 0 Å². The molecule has 2 aliphatic heterocycles. The Hall–Kier alpha value is -2.82. The van der Waals surface area contributed by atoms with Gasteiger partial charge < -0.3 is 14.0 Å². The zero-order chi connectivity index (χ0) is 17.8. The van der Waals surface area contributed by atoms with Gasteiger partial charge in [0.15, 0.2) is 0 Å². The number of piperidine rings is 1. The lowest BCUT2D eigenvalue weighted by atomic mass is 9.83. The molecule has 5 nitrogen and oxygen atoms in total. The van der Waals surface area contributed by atoms with E-state index in [1.807, 2.05) is 63.7 Å². The van der Waals surface area contributed by atoms with Crippen LogP contribution in [0.15, 0.2) is 53.5 Å². The van der Waals surface area contributed by atoms with E-state index in [2.05, 4.69) is 0 Å². The van der Waals surface area contributed by atoms with Crippen LogP contribution in [0, 0.1) is 5.92 Å². The van der Waals surface area contributed by atoms with E-state index in [4.69, 9.17) is 0 Å². The summed E-state index contributed by atoms with van der Waals surface area (Å²) in [6.45, 7) is 2.12. The van der Waals surface area contributed by atoms with Crippen LogP contribution in [-0.2, 0) is 13.6 Å². The standard InChI is InChI=1S/C21H21N3O2/c1-22-9-8-16-17(4-2-6-19(16)22)21(26)23-11-14-10-15(13-23)18-5-3-7-20(25)24(18)12-14/h2-9,14-15H,10-13H2,1H3/t14-,15+/m1/s1. The van der Waals surface area contributed by atoms with Gasteiger partial charge in [0.25, 0.3) is 11.5 Å². The number of pyridine rings is 1. The van der Waals surface area contributed by atoms with Crippen LogP contribution in [0.1, 0.15) is 28.4 Å². The van der Waals surface area contributed by atoms with Gasteiger partial charge in [0.05, 0.1) is 0 Å². The van der Waals surface area contributed by atoms with Gasteiger partial charge in [-0.05, 0) is 36.6 Å². The highest BCUT2D eigenvalue weighted by Gasteiger charge is 2.36. The van der Waals surface area contributed by atoms with Crippen LogP contribution in [0.5, 0.6) is 0 Å². The molecule has 2 bridgehead atoms. The fourth-order valence-electron chi connectivity index (χ4n) is 4.72. The molecule has 0 unspecified atom stereocenters. The van der Waals surface area contributed by atoms with E-state index in [1.54, 1.807) is 6.07 Å². The van der Waals surface area contributed by atoms with Crippen molar-refractivity contribution >= 4 is 16.8 Å². The summed E-state index contributed by atoms with van der Waals surface area (Å²) in [5.41, 5.74) is 2.99. The number of fused-ring (bicyclic) bond motifs is 5. The molecule has 2 atom stereocenters. The maximum atomic E-state index is 13.3. The number of benzene rings is 1. The van der Waals surface area contributed by atoms with Crippen molar-refractivity contribution in [1.82, 2.24) is 14.0 Å². The van der Waals surface area contributed by atoms with Crippen molar-refractivity contribution in [2.75, 3.05) is 13.1 Å². The van der Waals surface area contributed by atoms with Gasteiger partial charge in [-0.25, -0.2) is 0 Å². The molecule has 0 N–H and O–H groups in total. The van der Waals surface area contributed by atoms with Crippen LogP contribution in [0.2, 0.25) is 0 Å². The predicted octanol–water partition coefficient (Wildman–Crippen LogP) is 2.60. The summed E-state index contributed by atoms with van der Waals surface area (Å²) < 4.78 is 3.94. The highest BCUT2D eigenvalue weighted by atomic mass is 16.2. The highest BCUT2D eigenvalue weighted by molar-refractivity contribution is 6.06. The van der Waals surface area contributed by atoms with Gasteiger partial charge in [-0.1, -0.05) is 12.1 Å². The molecule has 132 valence electrons. The van der Waals surface area contributed by atoms with Crippen LogP contribution in [0.25, 0.3) is 10.9 Å². The van der Waals surface area contributed by atoms with E-state index < -0.39 is 0 Å². The number of rotatable bonds is 1. The fraction of sp³-hybridized carbons (Fsp3) is 0.333. The Morgan fingerprint density at radius 3 is 2.77 bits per heavy atom. The second kappa shape index (κ2) is 5.59. The predicted molar refractivity (Wildman–Crippen MR) is 100 cm³/mol. The normalized spacial score (nSPS) is 21.7. The Bertz CT molecular complexity index is 1080. The molecule has 1 saturated heterocycles. The first-order valence-corrected chi connectivity index (χ1v) is 9.15. The Balaban J connectivity index is 1.50. The minimum absolute atomic E-state index is 0.0750. The summed E-state index contributed by atoms with van der Waals surface area (Å²) in [6, 6.07) is 13.4. The minimum Gasteiger partial charge on any atom is -0.351 e. The lowest BCUT2D eigenvalue weighted by molar-refractivity contribution is 0.0596. The SMILES string of the molecule is Cn1ccc2c(C(=O)N3C[C@H]4C[C@@H](C3)c3cccc(=O)n3C4)cccc21. The Labute approximate surface area is 151 Å². The van der Waals surface area contributed by atoms with Gasteiger partial charge >= 0.3 is 0 Å². The third-order valence-corrected chi connectivity index (χ3v) is 5.93. The van der Waals surface area contributed by atoms with Crippen molar-refractivity contribution in [3.05, 3.63) is 70.3 Å². The Morgan fingerprint density at radius 1 is 1.04 bits per heavy atom. The van der Waals surface area contributed by atoms with E-state index in [9.17, 15) is 9.59 Å². The Morgan fingerprint density at radius 2 is 1.88 bits per heavy atom. The van der Waals surface area contributed by atoms with Gasteiger partial charge in [-0.15, -0.1) is 0 Å². The van der Waals surface area contributed by atoms with Gasteiger partial charge in [0, 0.05) is 67.0 Å². The molecule has 0 saturated carbocycles. The summed E-state index contributed by atoms with van der Waals surface area (Å²) >= 11 is 0. The van der Waals surface area contributed by atoms with Crippen LogP contribution in [0.3, 0.4) is 0 Å². The summed E-state index contributed by atoms with van der Waals surface area (Å²) in [5.74, 6) is 0.693. The summed E-state index contributed by atoms with van der Waals surface area (Å²) in [7, 11) is 2.00. The van der Waals surface area contributed by atoms with Crippen molar-refractivity contribution in [2.24, 2.45) is 13.0 Å². The largest absolute Gasteiger partial charge is 0.351 e. The number of carbonyl (C=O) groups is 1. The molecule has 26 heavy (non-hydrogen) atoms. The number of likely N-dealkylation sites (tertiary alicyclic amines) is 1. The van der Waals surface area contributed by atoms with Gasteiger partial charge in [-0.2, -0.15) is 0 Å². The lowest BCUT2D eigenvalue weighted by Gasteiger charge is -2.42. The van der Waals surface area contributed by atoms with Crippen LogP contribution >= 0.6 is 0 Å². The average Bonchev–Trinajstić information content (AvgIpc) is 3.03. The molecule has 0 spiro atoms. The van der Waals surface area contributed by atoms with Crippen LogP contribution < -0.4 is 5.56 Å². The zero-order valence-electron chi connectivity index (χ0n) is 14.8. The molecule has 2 aliphatic rings. The van der Waals surface area contributed by atoms with Crippen LogP contribution in [-0.4, -0.2) is 33.0 Å². The molecule has 5 rings (SSSR count). The fourth-order valence-corrected chi connectivity index (χ4v) is 4.72. The quantitative estimate of drug-likeness (QED) is 0.679. The number of carbonyl (C=O) groups excluding carboxylic acids is 1. The molecule has 0 aliphatic carbocycles. The Kier molecular flexibility index (Phi) is 3.32. The topological polar surface area (TPSA) is 47.2 Å². The molecular formula is C21H21N3O2. The average molecular weight is 347 g/mol. The number of amides is 1. The van der Waals surface area contributed by atoms with E-state index in [0.717, 1.165) is 35.1 Å². The third kappa shape index (κ3) is 2.23. The number of aryl methyl sites for hydroxylation is 1. The molecule has 3 aromatic rings. The van der Waals surface area contributed by atoms with Gasteiger partial charge in [0.1, 0.15) is 0 Å². The third-order valence-electron chi connectivity index (χ3n) is 5.93. The maximum absolute atomic E-state index is 13.3. The number of aromatic nitrogens is 2. The highest BCUT2D eigenvalue weighted by Crippen LogP contribution is 2.36. The smallest absolute Gasteiger partial charge is 0.254 e. The maximum Gasteiger partial charge on any atom is 0.254 e. The van der Waals surface area contributed by atoms with E-state index >= 15 is 0 Å². The zero-order valence-corrected chi connectivity index (χ0v) is 14.8. The first-order chi connectivity index (χ1) is 12.6. The molecule has 1 amide bonds. The summed E-state index contributed by atoms with van der Waals surface area (Å²) in [4.78, 5) is 27.4. The summed E-state index contributed by atoms with van der Waals surface area (Å²) in [6.07, 6.45) is 3.05. The van der Waals surface area contributed by atoms with E-state index in [1.165, 1.54) is 0 Å². The van der Waals surface area contributed by atoms with E-state index in [0.29, 0.717) is 19.0 Å². The second-order valence-electron chi connectivity index (χ2n) is 7.57. The second-order valence-corrected chi connectivity index (χ2v) is 7.57. The van der Waals surface area contributed by atoms with Crippen molar-refractivity contribution in [1.29, 1.82) is 0 Å². The first kappa shape index (κ1) is 15.4.